The van der Waals surface area contributed by atoms with Crippen LogP contribution in [0.4, 0.5) is 5.82 Å². The van der Waals surface area contributed by atoms with Gasteiger partial charge in [0.25, 0.3) is 0 Å². The number of H-pyrrole nitrogens is 1. The number of piperidine rings is 1. The average Bonchev–Trinajstić information content (AvgIpc) is 2.67. The van der Waals surface area contributed by atoms with Crippen LogP contribution in [0.5, 0.6) is 0 Å². The second-order valence-electron chi connectivity index (χ2n) is 3.21. The summed E-state index contributed by atoms with van der Waals surface area (Å²) >= 11 is 0. The molecule has 2 rings (SSSR count). The van der Waals surface area contributed by atoms with Crippen LogP contribution in [-0.2, 0) is 0 Å². The molecule has 0 aromatic carbocycles. The minimum atomic E-state index is 0.418. The first-order valence-electron chi connectivity index (χ1n) is 4.53. The molecule has 1 saturated heterocycles. The van der Waals surface area contributed by atoms with Crippen molar-refractivity contribution in [2.75, 3.05) is 18.0 Å². The Bertz CT molecular complexity index is 290. The van der Waals surface area contributed by atoms with E-state index in [1.165, 1.54) is 19.3 Å². The lowest BCUT2D eigenvalue weighted by atomic mass is 10.1. The number of hydrogen-bond donors (Lipinski definition) is 1. The van der Waals surface area contributed by atoms with Gasteiger partial charge in [0.05, 0.1) is 0 Å². The quantitative estimate of drug-likeness (QED) is 0.677. The molecule has 1 aliphatic rings. The van der Waals surface area contributed by atoms with E-state index in [0.717, 1.165) is 25.2 Å². The van der Waals surface area contributed by atoms with Crippen molar-refractivity contribution in [2.45, 2.75) is 19.3 Å². The van der Waals surface area contributed by atoms with Gasteiger partial charge in [-0.1, -0.05) is 5.21 Å². The molecule has 0 amide bonds. The van der Waals surface area contributed by atoms with Crippen LogP contribution in [0.25, 0.3) is 0 Å². The third kappa shape index (κ3) is 1.54. The molecule has 0 saturated carbocycles. The molecule has 0 atom stereocenters. The molecule has 0 bridgehead atoms. The summed E-state index contributed by atoms with van der Waals surface area (Å²) in [6.45, 7) is 1.98. The Morgan fingerprint density at radius 1 is 1.31 bits per heavy atom. The van der Waals surface area contributed by atoms with E-state index in [4.69, 9.17) is 0 Å². The highest BCUT2D eigenvalue weighted by Crippen LogP contribution is 2.18. The summed E-state index contributed by atoms with van der Waals surface area (Å²) in [5.74, 6) is 0.773. The molecule has 13 heavy (non-hydrogen) atoms. The van der Waals surface area contributed by atoms with Crippen LogP contribution in [0.2, 0.25) is 0 Å². The van der Waals surface area contributed by atoms with Crippen LogP contribution >= 0.6 is 0 Å². The predicted molar refractivity (Wildman–Crippen MR) is 47.8 cm³/mol. The van der Waals surface area contributed by atoms with E-state index in [0.29, 0.717) is 5.69 Å². The van der Waals surface area contributed by atoms with Gasteiger partial charge in [0.15, 0.2) is 17.8 Å². The summed E-state index contributed by atoms with van der Waals surface area (Å²) < 4.78 is 0. The van der Waals surface area contributed by atoms with E-state index < -0.39 is 0 Å². The number of aromatic amines is 1. The van der Waals surface area contributed by atoms with Gasteiger partial charge < -0.3 is 4.90 Å². The minimum Gasteiger partial charge on any atom is -0.355 e. The van der Waals surface area contributed by atoms with Crippen LogP contribution in [0.1, 0.15) is 29.8 Å². The Labute approximate surface area is 76.1 Å². The molecule has 0 radical (unpaired) electrons. The summed E-state index contributed by atoms with van der Waals surface area (Å²) in [7, 11) is 0. The summed E-state index contributed by atoms with van der Waals surface area (Å²) in [4.78, 5) is 12.7. The van der Waals surface area contributed by atoms with Gasteiger partial charge in [-0.15, -0.1) is 5.10 Å². The maximum absolute atomic E-state index is 10.6. The third-order valence-corrected chi connectivity index (χ3v) is 2.34. The number of nitrogens with one attached hydrogen (secondary N) is 1. The monoisotopic (exact) mass is 180 g/mol. The van der Waals surface area contributed by atoms with Gasteiger partial charge in [-0.3, -0.25) is 4.79 Å². The highest BCUT2D eigenvalue weighted by Gasteiger charge is 2.16. The second-order valence-corrected chi connectivity index (χ2v) is 3.21. The Hall–Kier alpha value is -1.39. The largest absolute Gasteiger partial charge is 0.355 e. The maximum Gasteiger partial charge on any atom is 0.174 e. The Balaban J connectivity index is 2.17. The first-order chi connectivity index (χ1) is 6.42. The van der Waals surface area contributed by atoms with Crippen LogP contribution < -0.4 is 4.90 Å². The van der Waals surface area contributed by atoms with Crippen LogP contribution in [0, 0.1) is 0 Å². The highest BCUT2D eigenvalue weighted by molar-refractivity contribution is 5.79. The van der Waals surface area contributed by atoms with Crippen LogP contribution in [0.3, 0.4) is 0 Å². The fourth-order valence-corrected chi connectivity index (χ4v) is 1.66. The molecule has 0 spiro atoms. The smallest absolute Gasteiger partial charge is 0.174 e. The van der Waals surface area contributed by atoms with Crippen LogP contribution in [-0.4, -0.2) is 34.8 Å². The fourth-order valence-electron chi connectivity index (χ4n) is 1.66. The van der Waals surface area contributed by atoms with Crippen molar-refractivity contribution in [1.82, 2.24) is 15.4 Å². The first-order valence-corrected chi connectivity index (χ1v) is 4.53. The number of rotatable bonds is 2. The van der Waals surface area contributed by atoms with Crippen molar-refractivity contribution in [2.24, 2.45) is 0 Å². The number of aromatic nitrogens is 3. The van der Waals surface area contributed by atoms with Crippen molar-refractivity contribution in [3.05, 3.63) is 5.69 Å². The topological polar surface area (TPSA) is 61.9 Å². The van der Waals surface area contributed by atoms with E-state index in [2.05, 4.69) is 20.3 Å². The lowest BCUT2D eigenvalue weighted by molar-refractivity contribution is 0.111. The van der Waals surface area contributed by atoms with E-state index in [1.807, 2.05) is 0 Å². The van der Waals surface area contributed by atoms with Crippen molar-refractivity contribution >= 4 is 12.1 Å². The molecule has 70 valence electrons. The van der Waals surface area contributed by atoms with Gasteiger partial charge in [-0.25, -0.2) is 5.10 Å². The van der Waals surface area contributed by atoms with Gasteiger partial charge in [-0.05, 0) is 19.3 Å². The third-order valence-electron chi connectivity index (χ3n) is 2.34. The van der Waals surface area contributed by atoms with Crippen molar-refractivity contribution < 1.29 is 4.79 Å². The predicted octanol–water partition coefficient (Wildman–Crippen LogP) is 0.607. The average molecular weight is 180 g/mol. The molecule has 5 heteroatoms. The zero-order valence-electron chi connectivity index (χ0n) is 7.36. The zero-order chi connectivity index (χ0) is 9.10. The SMILES string of the molecule is O=Cc1nn[nH]c1N1CCCCC1. The van der Waals surface area contributed by atoms with Gasteiger partial charge in [-0.2, -0.15) is 0 Å². The minimum absolute atomic E-state index is 0.418. The van der Waals surface area contributed by atoms with Crippen molar-refractivity contribution in [3.63, 3.8) is 0 Å². The highest BCUT2D eigenvalue weighted by atomic mass is 16.1. The molecule has 0 unspecified atom stereocenters. The maximum atomic E-state index is 10.6. The molecule has 1 aliphatic heterocycles. The van der Waals surface area contributed by atoms with E-state index in [-0.39, 0.29) is 0 Å². The molecule has 1 fully saturated rings. The molecule has 1 N–H and O–H groups in total. The van der Waals surface area contributed by atoms with Gasteiger partial charge in [0.2, 0.25) is 0 Å². The normalized spacial score (nSPS) is 17.4. The molecular weight excluding hydrogens is 168 g/mol. The first kappa shape index (κ1) is 8.22. The summed E-state index contributed by atoms with van der Waals surface area (Å²) in [6, 6.07) is 0. The van der Waals surface area contributed by atoms with Crippen LogP contribution in [0.15, 0.2) is 0 Å². The van der Waals surface area contributed by atoms with Gasteiger partial charge in [0.1, 0.15) is 0 Å². The number of carbonyl (C=O) groups excluding carboxylic acids is 1. The molecular formula is C8H12N4O. The summed E-state index contributed by atoms with van der Waals surface area (Å²) in [5, 5.41) is 10.1. The number of anilines is 1. The fraction of sp³-hybridized carbons (Fsp3) is 0.625. The Morgan fingerprint density at radius 2 is 2.08 bits per heavy atom. The zero-order valence-corrected chi connectivity index (χ0v) is 7.36. The molecule has 5 nitrogen and oxygen atoms in total. The van der Waals surface area contributed by atoms with Gasteiger partial charge in [0, 0.05) is 13.1 Å². The number of nitrogens with zero attached hydrogens (tertiary/aromatic N) is 3. The van der Waals surface area contributed by atoms with E-state index in [1.54, 1.807) is 0 Å². The molecule has 1 aromatic heterocycles. The number of hydrogen-bond acceptors (Lipinski definition) is 4. The standard InChI is InChI=1S/C8H12N4O/c13-6-7-8(10-11-9-7)12-4-2-1-3-5-12/h6H,1-5H2,(H,9,10,11). The lowest BCUT2D eigenvalue weighted by Gasteiger charge is -2.26. The number of carbonyl (C=O) groups is 1. The second kappa shape index (κ2) is 3.55. The summed E-state index contributed by atoms with van der Waals surface area (Å²) in [5.41, 5.74) is 0.418. The lowest BCUT2D eigenvalue weighted by Crippen LogP contribution is -2.30. The molecule has 2 heterocycles. The molecule has 0 aliphatic carbocycles. The number of aldehydes is 1. The summed E-state index contributed by atoms with van der Waals surface area (Å²) in [6.07, 6.45) is 4.37. The van der Waals surface area contributed by atoms with Gasteiger partial charge >= 0.3 is 0 Å². The molecule has 1 aromatic rings. The van der Waals surface area contributed by atoms with E-state index >= 15 is 0 Å². The Morgan fingerprint density at radius 3 is 2.77 bits per heavy atom. The van der Waals surface area contributed by atoms with E-state index in [9.17, 15) is 4.79 Å². The van der Waals surface area contributed by atoms with Crippen molar-refractivity contribution in [1.29, 1.82) is 0 Å². The van der Waals surface area contributed by atoms with Crippen molar-refractivity contribution in [3.8, 4) is 0 Å². The Kier molecular flexibility index (Phi) is 2.25.